The van der Waals surface area contributed by atoms with E-state index in [1.165, 1.54) is 12.1 Å². The first kappa shape index (κ1) is 8.68. The van der Waals surface area contributed by atoms with Gasteiger partial charge in [0.05, 0.1) is 6.10 Å². The van der Waals surface area contributed by atoms with Gasteiger partial charge < -0.3 is 5.11 Å². The lowest BCUT2D eigenvalue weighted by atomic mass is 10.1. The van der Waals surface area contributed by atoms with Gasteiger partial charge in [-0.3, -0.25) is 0 Å². The van der Waals surface area contributed by atoms with Crippen molar-refractivity contribution < 1.29 is 9.50 Å². The average Bonchev–Trinajstić information content (AvgIpc) is 2.03. The van der Waals surface area contributed by atoms with Crippen molar-refractivity contribution in [2.75, 3.05) is 5.33 Å². The molecular weight excluding hydrogens is 211 g/mol. The van der Waals surface area contributed by atoms with Gasteiger partial charge in [0.15, 0.2) is 0 Å². The third-order valence-electron chi connectivity index (χ3n) is 1.38. The summed E-state index contributed by atoms with van der Waals surface area (Å²) in [5, 5.41) is 9.67. The summed E-state index contributed by atoms with van der Waals surface area (Å²) in [5.74, 6) is -0.317. The lowest BCUT2D eigenvalue weighted by Crippen LogP contribution is -1.97. The molecular formula is C8H8BrFO. The lowest BCUT2D eigenvalue weighted by Gasteiger charge is -2.05. The monoisotopic (exact) mass is 218 g/mol. The summed E-state index contributed by atoms with van der Waals surface area (Å²) in [6.07, 6.45) is -0.620. The highest BCUT2D eigenvalue weighted by Gasteiger charge is 2.04. The maximum absolute atomic E-state index is 12.5. The number of alkyl halides is 1. The van der Waals surface area contributed by atoms with Gasteiger partial charge in [-0.25, -0.2) is 4.39 Å². The summed E-state index contributed by atoms with van der Waals surface area (Å²) in [6.45, 7) is 0. The topological polar surface area (TPSA) is 20.2 Å². The van der Waals surface area contributed by atoms with Crippen LogP contribution in [0.15, 0.2) is 24.3 Å². The molecule has 60 valence electrons. The van der Waals surface area contributed by atoms with E-state index in [1.807, 2.05) is 0 Å². The van der Waals surface area contributed by atoms with Gasteiger partial charge in [0.1, 0.15) is 5.82 Å². The highest BCUT2D eigenvalue weighted by atomic mass is 79.9. The van der Waals surface area contributed by atoms with E-state index in [1.54, 1.807) is 12.1 Å². The molecule has 1 rings (SSSR count). The molecule has 0 saturated carbocycles. The van der Waals surface area contributed by atoms with Gasteiger partial charge in [-0.05, 0) is 17.7 Å². The van der Waals surface area contributed by atoms with E-state index < -0.39 is 6.10 Å². The zero-order chi connectivity index (χ0) is 8.27. The van der Waals surface area contributed by atoms with E-state index in [0.29, 0.717) is 10.9 Å². The summed E-state index contributed by atoms with van der Waals surface area (Å²) < 4.78 is 12.5. The second kappa shape index (κ2) is 3.83. The second-order valence-electron chi connectivity index (χ2n) is 2.23. The molecule has 0 aromatic heterocycles. The van der Waals surface area contributed by atoms with Crippen LogP contribution in [0.2, 0.25) is 0 Å². The van der Waals surface area contributed by atoms with E-state index >= 15 is 0 Å². The molecule has 0 bridgehead atoms. The lowest BCUT2D eigenvalue weighted by molar-refractivity contribution is 0.205. The maximum atomic E-state index is 12.5. The van der Waals surface area contributed by atoms with Crippen LogP contribution in [0.1, 0.15) is 11.7 Å². The molecule has 0 fully saturated rings. The summed E-state index contributed by atoms with van der Waals surface area (Å²) in [4.78, 5) is 0. The SMILES string of the molecule is OC(CBr)c1cccc(F)c1. The fourth-order valence-corrected chi connectivity index (χ4v) is 1.18. The molecule has 0 aliphatic heterocycles. The zero-order valence-electron chi connectivity index (χ0n) is 5.80. The molecule has 1 nitrogen and oxygen atoms in total. The fraction of sp³-hybridized carbons (Fsp3) is 0.250. The van der Waals surface area contributed by atoms with Gasteiger partial charge in [0.2, 0.25) is 0 Å². The minimum atomic E-state index is -0.620. The van der Waals surface area contributed by atoms with Crippen LogP contribution in [0.5, 0.6) is 0 Å². The molecule has 1 atom stereocenters. The predicted octanol–water partition coefficient (Wildman–Crippen LogP) is 2.25. The van der Waals surface area contributed by atoms with Crippen LogP contribution in [0.3, 0.4) is 0 Å². The van der Waals surface area contributed by atoms with Crippen molar-refractivity contribution in [3.63, 3.8) is 0 Å². The first-order chi connectivity index (χ1) is 5.24. The molecule has 0 heterocycles. The highest BCUT2D eigenvalue weighted by Crippen LogP contribution is 2.15. The van der Waals surface area contributed by atoms with Gasteiger partial charge in [-0.2, -0.15) is 0 Å². The van der Waals surface area contributed by atoms with Crippen LogP contribution < -0.4 is 0 Å². The van der Waals surface area contributed by atoms with Crippen LogP contribution in [-0.4, -0.2) is 10.4 Å². The van der Waals surface area contributed by atoms with E-state index in [4.69, 9.17) is 0 Å². The van der Waals surface area contributed by atoms with Gasteiger partial charge in [-0.1, -0.05) is 28.1 Å². The molecule has 1 unspecified atom stereocenters. The van der Waals surface area contributed by atoms with Crippen molar-refractivity contribution in [3.05, 3.63) is 35.6 Å². The molecule has 0 aliphatic rings. The highest BCUT2D eigenvalue weighted by molar-refractivity contribution is 9.09. The van der Waals surface area contributed by atoms with Crippen molar-refractivity contribution >= 4 is 15.9 Å². The number of halogens is 2. The fourth-order valence-electron chi connectivity index (χ4n) is 0.803. The molecule has 0 radical (unpaired) electrons. The molecule has 3 heteroatoms. The molecule has 1 N–H and O–H groups in total. The normalized spacial score (nSPS) is 13.0. The number of hydrogen-bond acceptors (Lipinski definition) is 1. The number of aliphatic hydroxyl groups excluding tert-OH is 1. The minimum absolute atomic E-state index is 0.317. The molecule has 0 aliphatic carbocycles. The molecule has 0 saturated heterocycles. The summed E-state index contributed by atoms with van der Waals surface area (Å²) in [6, 6.07) is 5.95. The van der Waals surface area contributed by atoms with Crippen LogP contribution in [-0.2, 0) is 0 Å². The largest absolute Gasteiger partial charge is 0.388 e. The third-order valence-corrected chi connectivity index (χ3v) is 1.99. The standard InChI is InChI=1S/C8H8BrFO/c9-5-8(11)6-2-1-3-7(10)4-6/h1-4,8,11H,5H2. The van der Waals surface area contributed by atoms with Crippen LogP contribution in [0.4, 0.5) is 4.39 Å². The molecule has 1 aromatic carbocycles. The smallest absolute Gasteiger partial charge is 0.123 e. The average molecular weight is 219 g/mol. The van der Waals surface area contributed by atoms with Crippen molar-refractivity contribution in [3.8, 4) is 0 Å². The third kappa shape index (κ3) is 2.27. The zero-order valence-corrected chi connectivity index (χ0v) is 7.38. The minimum Gasteiger partial charge on any atom is -0.388 e. The Morgan fingerprint density at radius 2 is 2.27 bits per heavy atom. The van der Waals surface area contributed by atoms with Crippen LogP contribution in [0, 0.1) is 5.82 Å². The first-order valence-corrected chi connectivity index (χ1v) is 4.35. The number of rotatable bonds is 2. The first-order valence-electron chi connectivity index (χ1n) is 3.23. The van der Waals surface area contributed by atoms with E-state index in [9.17, 15) is 9.50 Å². The Hall–Kier alpha value is -0.410. The number of aliphatic hydroxyl groups is 1. The summed E-state index contributed by atoms with van der Waals surface area (Å²) in [7, 11) is 0. The molecule has 0 amide bonds. The van der Waals surface area contributed by atoms with Crippen molar-refractivity contribution in [2.24, 2.45) is 0 Å². The van der Waals surface area contributed by atoms with Gasteiger partial charge in [-0.15, -0.1) is 0 Å². The van der Waals surface area contributed by atoms with Gasteiger partial charge >= 0.3 is 0 Å². The van der Waals surface area contributed by atoms with Crippen molar-refractivity contribution in [1.82, 2.24) is 0 Å². The Bertz CT molecular complexity index is 239. The predicted molar refractivity (Wildman–Crippen MR) is 45.2 cm³/mol. The Morgan fingerprint density at radius 3 is 2.82 bits per heavy atom. The van der Waals surface area contributed by atoms with Gasteiger partial charge in [0, 0.05) is 5.33 Å². The molecule has 11 heavy (non-hydrogen) atoms. The number of benzene rings is 1. The summed E-state index contributed by atoms with van der Waals surface area (Å²) >= 11 is 3.10. The van der Waals surface area contributed by atoms with Crippen molar-refractivity contribution in [2.45, 2.75) is 6.10 Å². The Balaban J connectivity index is 2.86. The second-order valence-corrected chi connectivity index (χ2v) is 2.87. The number of hydrogen-bond donors (Lipinski definition) is 1. The van der Waals surface area contributed by atoms with Crippen LogP contribution in [0.25, 0.3) is 0 Å². The Labute approximate surface area is 73.0 Å². The van der Waals surface area contributed by atoms with E-state index in [0.717, 1.165) is 0 Å². The Morgan fingerprint density at radius 1 is 1.55 bits per heavy atom. The summed E-state index contributed by atoms with van der Waals surface area (Å²) in [5.41, 5.74) is 0.599. The van der Waals surface area contributed by atoms with Gasteiger partial charge in [0.25, 0.3) is 0 Å². The van der Waals surface area contributed by atoms with E-state index in [2.05, 4.69) is 15.9 Å². The van der Waals surface area contributed by atoms with Crippen molar-refractivity contribution in [1.29, 1.82) is 0 Å². The molecule has 1 aromatic rings. The van der Waals surface area contributed by atoms with Crippen LogP contribution >= 0.6 is 15.9 Å². The Kier molecular flexibility index (Phi) is 3.02. The quantitative estimate of drug-likeness (QED) is 0.756. The maximum Gasteiger partial charge on any atom is 0.123 e. The van der Waals surface area contributed by atoms with E-state index in [-0.39, 0.29) is 5.82 Å². The molecule has 0 spiro atoms.